The van der Waals surface area contributed by atoms with Gasteiger partial charge in [-0.1, -0.05) is 19.3 Å². The smallest absolute Gasteiger partial charge is 0.321 e. The third kappa shape index (κ3) is 3.62. The summed E-state index contributed by atoms with van der Waals surface area (Å²) in [5.41, 5.74) is 5.64. The summed E-state index contributed by atoms with van der Waals surface area (Å²) in [4.78, 5) is 10.6. The van der Waals surface area contributed by atoms with E-state index in [1.807, 2.05) is 0 Å². The Hall–Kier alpha value is -0.260. The molecule has 5 heteroatoms. The Kier molecular flexibility index (Phi) is 4.92. The van der Waals surface area contributed by atoms with E-state index in [0.717, 1.165) is 12.2 Å². The average molecular weight is 273 g/mol. The second-order valence-electron chi connectivity index (χ2n) is 5.50. The average Bonchev–Trinajstić information content (AvgIpc) is 2.73. The van der Waals surface area contributed by atoms with Crippen molar-refractivity contribution in [2.75, 3.05) is 11.5 Å². The number of ether oxygens (including phenoxy) is 1. The van der Waals surface area contributed by atoms with Gasteiger partial charge in [0.25, 0.3) is 0 Å². The number of carbonyl (C=O) groups is 1. The summed E-state index contributed by atoms with van der Waals surface area (Å²) in [6, 6.07) is -0.750. The zero-order valence-corrected chi connectivity index (χ0v) is 11.6. The number of rotatable bonds is 5. The Morgan fingerprint density at radius 1 is 1.39 bits per heavy atom. The third-order valence-corrected chi connectivity index (χ3v) is 5.22. The van der Waals surface area contributed by atoms with Gasteiger partial charge >= 0.3 is 5.97 Å². The first kappa shape index (κ1) is 14.2. The molecular formula is C13H23NO3S. The number of hydrogen-bond donors (Lipinski definition) is 2. The van der Waals surface area contributed by atoms with Crippen molar-refractivity contribution < 1.29 is 14.6 Å². The van der Waals surface area contributed by atoms with Crippen molar-refractivity contribution in [2.24, 2.45) is 5.73 Å². The number of nitrogens with two attached hydrogens (primary N) is 1. The summed E-state index contributed by atoms with van der Waals surface area (Å²) in [6.07, 6.45) is 8.96. The lowest BCUT2D eigenvalue weighted by Crippen LogP contribution is -2.34. The van der Waals surface area contributed by atoms with E-state index in [-0.39, 0.29) is 5.60 Å². The van der Waals surface area contributed by atoms with Crippen LogP contribution in [0.25, 0.3) is 0 Å². The molecule has 0 aromatic heterocycles. The highest BCUT2D eigenvalue weighted by molar-refractivity contribution is 7.99. The largest absolute Gasteiger partial charge is 0.480 e. The van der Waals surface area contributed by atoms with E-state index in [4.69, 9.17) is 15.6 Å². The molecule has 3 N–H and O–H groups in total. The summed E-state index contributed by atoms with van der Waals surface area (Å²) in [6.45, 7) is 0. The van der Waals surface area contributed by atoms with Gasteiger partial charge in [0.1, 0.15) is 6.04 Å². The van der Waals surface area contributed by atoms with Gasteiger partial charge in [-0.2, -0.15) is 11.8 Å². The molecule has 18 heavy (non-hydrogen) atoms. The zero-order chi connectivity index (χ0) is 13.0. The monoisotopic (exact) mass is 273 g/mol. The molecule has 0 aromatic rings. The zero-order valence-electron chi connectivity index (χ0n) is 10.8. The molecule has 104 valence electrons. The van der Waals surface area contributed by atoms with E-state index in [1.165, 1.54) is 38.5 Å². The predicted molar refractivity (Wildman–Crippen MR) is 72.9 cm³/mol. The van der Waals surface area contributed by atoms with Crippen LogP contribution in [0.15, 0.2) is 0 Å². The maximum atomic E-state index is 10.6. The van der Waals surface area contributed by atoms with Crippen LogP contribution < -0.4 is 5.73 Å². The molecule has 1 aliphatic heterocycles. The summed E-state index contributed by atoms with van der Waals surface area (Å²) in [5, 5.41) is 8.70. The molecule has 0 aromatic carbocycles. The van der Waals surface area contributed by atoms with Crippen LogP contribution in [0, 0.1) is 0 Å². The molecule has 0 amide bonds. The van der Waals surface area contributed by atoms with Crippen LogP contribution in [0.1, 0.15) is 44.9 Å². The van der Waals surface area contributed by atoms with E-state index >= 15 is 0 Å². The van der Waals surface area contributed by atoms with Gasteiger partial charge in [-0.05, 0) is 25.7 Å². The van der Waals surface area contributed by atoms with Crippen LogP contribution in [0.3, 0.4) is 0 Å². The Morgan fingerprint density at radius 2 is 2.11 bits per heavy atom. The summed E-state index contributed by atoms with van der Waals surface area (Å²) in [5.74, 6) is 0.434. The molecule has 2 aliphatic rings. The molecule has 1 spiro atoms. The SMILES string of the molecule is N[C@H](CSCC1CCC2(CCCCC2)O1)C(=O)O. The Morgan fingerprint density at radius 3 is 2.78 bits per heavy atom. The van der Waals surface area contributed by atoms with Crippen molar-refractivity contribution in [3.8, 4) is 0 Å². The lowest BCUT2D eigenvalue weighted by molar-refractivity contribution is -0.137. The molecule has 1 saturated carbocycles. The van der Waals surface area contributed by atoms with E-state index in [1.54, 1.807) is 11.8 Å². The molecule has 4 nitrogen and oxygen atoms in total. The summed E-state index contributed by atoms with van der Waals surface area (Å²) < 4.78 is 6.22. The van der Waals surface area contributed by atoms with Crippen molar-refractivity contribution in [1.29, 1.82) is 0 Å². The van der Waals surface area contributed by atoms with Crippen LogP contribution in [0.4, 0.5) is 0 Å². The van der Waals surface area contributed by atoms with Gasteiger partial charge in [0.2, 0.25) is 0 Å². The number of carboxylic acid groups (broad SMARTS) is 1. The molecular weight excluding hydrogens is 250 g/mol. The van der Waals surface area contributed by atoms with Crippen LogP contribution >= 0.6 is 11.8 Å². The molecule has 2 fully saturated rings. The summed E-state index contributed by atoms with van der Waals surface area (Å²) in [7, 11) is 0. The number of carboxylic acids is 1. The minimum absolute atomic E-state index is 0.165. The molecule has 2 atom stereocenters. The van der Waals surface area contributed by atoms with Crippen LogP contribution in [0.2, 0.25) is 0 Å². The number of aliphatic carboxylic acids is 1. The highest BCUT2D eigenvalue weighted by Crippen LogP contribution is 2.42. The standard InChI is InChI=1S/C13H23NO3S/c14-11(12(15)16)9-18-8-10-4-7-13(17-10)5-2-1-3-6-13/h10-11H,1-9,14H2,(H,15,16)/t10?,11-/m1/s1. The second kappa shape index (κ2) is 6.26. The van der Waals surface area contributed by atoms with Crippen molar-refractivity contribution in [1.82, 2.24) is 0 Å². The highest BCUT2D eigenvalue weighted by Gasteiger charge is 2.40. The highest BCUT2D eigenvalue weighted by atomic mass is 32.2. The molecule has 1 saturated heterocycles. The second-order valence-corrected chi connectivity index (χ2v) is 6.58. The van der Waals surface area contributed by atoms with E-state index < -0.39 is 12.0 Å². The van der Waals surface area contributed by atoms with Crippen LogP contribution in [-0.4, -0.2) is 40.3 Å². The normalized spacial score (nSPS) is 28.4. The number of thioether (sulfide) groups is 1. The van der Waals surface area contributed by atoms with E-state index in [9.17, 15) is 4.79 Å². The quantitative estimate of drug-likeness (QED) is 0.801. The fourth-order valence-electron chi connectivity index (χ4n) is 2.97. The molecule has 0 radical (unpaired) electrons. The van der Waals surface area contributed by atoms with Gasteiger partial charge < -0.3 is 15.6 Å². The molecule has 1 heterocycles. The van der Waals surface area contributed by atoms with Gasteiger partial charge in [0.15, 0.2) is 0 Å². The minimum atomic E-state index is -0.918. The summed E-state index contributed by atoms with van der Waals surface area (Å²) >= 11 is 1.60. The van der Waals surface area contributed by atoms with Gasteiger partial charge in [0, 0.05) is 11.5 Å². The fourth-order valence-corrected chi connectivity index (χ4v) is 4.00. The van der Waals surface area contributed by atoms with Gasteiger partial charge in [-0.25, -0.2) is 0 Å². The predicted octanol–water partition coefficient (Wildman–Crippen LogP) is 2.01. The molecule has 2 rings (SSSR count). The lowest BCUT2D eigenvalue weighted by atomic mass is 9.83. The van der Waals surface area contributed by atoms with Crippen molar-refractivity contribution >= 4 is 17.7 Å². The first-order valence-electron chi connectivity index (χ1n) is 6.85. The van der Waals surface area contributed by atoms with Gasteiger partial charge in [-0.3, -0.25) is 4.79 Å². The van der Waals surface area contributed by atoms with Gasteiger partial charge in [0.05, 0.1) is 11.7 Å². The lowest BCUT2D eigenvalue weighted by Gasteiger charge is -2.33. The topological polar surface area (TPSA) is 72.5 Å². The van der Waals surface area contributed by atoms with Crippen LogP contribution in [0.5, 0.6) is 0 Å². The van der Waals surface area contributed by atoms with Crippen molar-refractivity contribution in [2.45, 2.75) is 62.7 Å². The van der Waals surface area contributed by atoms with Gasteiger partial charge in [-0.15, -0.1) is 0 Å². The third-order valence-electron chi connectivity index (χ3n) is 4.02. The fraction of sp³-hybridized carbons (Fsp3) is 0.923. The maximum absolute atomic E-state index is 10.6. The Labute approximate surface area is 113 Å². The van der Waals surface area contributed by atoms with Crippen molar-refractivity contribution in [3.05, 3.63) is 0 Å². The number of hydrogen-bond acceptors (Lipinski definition) is 4. The Balaban J connectivity index is 1.68. The molecule has 1 unspecified atom stereocenters. The molecule has 1 aliphatic carbocycles. The molecule has 0 bridgehead atoms. The first-order chi connectivity index (χ1) is 8.61. The van der Waals surface area contributed by atoms with E-state index in [2.05, 4.69) is 0 Å². The van der Waals surface area contributed by atoms with Crippen molar-refractivity contribution in [3.63, 3.8) is 0 Å². The maximum Gasteiger partial charge on any atom is 0.321 e. The first-order valence-corrected chi connectivity index (χ1v) is 8.01. The Bertz CT molecular complexity index is 292. The minimum Gasteiger partial charge on any atom is -0.480 e. The van der Waals surface area contributed by atoms with E-state index in [0.29, 0.717) is 11.9 Å². The van der Waals surface area contributed by atoms with Crippen LogP contribution in [-0.2, 0) is 9.53 Å².